The standard InChI is InChI=1S/C27H29N5O4S/c1-16-24(15-22-21-14-20(37(28,35)36)7-8-23(21)30-26(22)33)29-17(2)25(16)18-5-4-6-19(13-18)27(34)32-11-9-31(3)10-12-32/h4-8,13-15,29H,9-12H2,1-3H3,(H,30,33)(H2,28,35,36). The zero-order valence-corrected chi connectivity index (χ0v) is 21.8. The van der Waals surface area contributed by atoms with Crippen molar-refractivity contribution in [1.29, 1.82) is 0 Å². The fourth-order valence-corrected chi connectivity index (χ4v) is 5.52. The zero-order valence-electron chi connectivity index (χ0n) is 21.0. The summed E-state index contributed by atoms with van der Waals surface area (Å²) in [6, 6.07) is 11.9. The number of carbonyl (C=O) groups is 2. The van der Waals surface area contributed by atoms with Crippen LogP contribution in [0.3, 0.4) is 0 Å². The van der Waals surface area contributed by atoms with Crippen LogP contribution in [0.5, 0.6) is 0 Å². The molecule has 10 heteroatoms. The molecule has 2 aliphatic heterocycles. The average Bonchev–Trinajstić information content (AvgIpc) is 3.32. The summed E-state index contributed by atoms with van der Waals surface area (Å²) in [7, 11) is -1.86. The van der Waals surface area contributed by atoms with Crippen molar-refractivity contribution in [3.05, 3.63) is 70.5 Å². The summed E-state index contributed by atoms with van der Waals surface area (Å²) in [4.78, 5) is 33.3. The van der Waals surface area contributed by atoms with Crippen molar-refractivity contribution in [3.8, 4) is 11.1 Å². The Bertz CT molecular complexity index is 1560. The first kappa shape index (κ1) is 24.9. The molecule has 2 aromatic carbocycles. The van der Waals surface area contributed by atoms with E-state index in [1.165, 1.54) is 18.2 Å². The molecular weight excluding hydrogens is 490 g/mol. The van der Waals surface area contributed by atoms with Crippen LogP contribution in [0.25, 0.3) is 22.8 Å². The molecule has 2 aliphatic rings. The number of carbonyl (C=O) groups excluding carboxylic acids is 2. The molecule has 37 heavy (non-hydrogen) atoms. The summed E-state index contributed by atoms with van der Waals surface area (Å²) in [5.41, 5.74) is 6.38. The number of aromatic amines is 1. The van der Waals surface area contributed by atoms with Gasteiger partial charge in [0, 0.05) is 59.9 Å². The molecule has 0 unspecified atom stereocenters. The molecular formula is C27H29N5O4S. The first-order chi connectivity index (χ1) is 17.5. The predicted octanol–water partition coefficient (Wildman–Crippen LogP) is 2.83. The van der Waals surface area contributed by atoms with Crippen molar-refractivity contribution in [2.45, 2.75) is 18.7 Å². The van der Waals surface area contributed by atoms with Gasteiger partial charge in [-0.25, -0.2) is 13.6 Å². The van der Waals surface area contributed by atoms with Gasteiger partial charge in [0.05, 0.1) is 10.5 Å². The number of sulfonamides is 1. The van der Waals surface area contributed by atoms with Gasteiger partial charge in [0.1, 0.15) is 0 Å². The number of fused-ring (bicyclic) bond motifs is 1. The number of rotatable bonds is 4. The number of nitrogens with zero attached hydrogens (tertiary/aromatic N) is 2. The quantitative estimate of drug-likeness (QED) is 0.457. The fraction of sp³-hybridized carbons (Fsp3) is 0.259. The zero-order chi connectivity index (χ0) is 26.5. The van der Waals surface area contributed by atoms with E-state index >= 15 is 0 Å². The van der Waals surface area contributed by atoms with Crippen LogP contribution in [0.4, 0.5) is 5.69 Å². The lowest BCUT2D eigenvalue weighted by Gasteiger charge is -2.32. The second kappa shape index (κ2) is 9.29. The van der Waals surface area contributed by atoms with Gasteiger partial charge in [-0.15, -0.1) is 0 Å². The van der Waals surface area contributed by atoms with Crippen molar-refractivity contribution in [3.63, 3.8) is 0 Å². The minimum atomic E-state index is -3.91. The van der Waals surface area contributed by atoms with Gasteiger partial charge in [0.25, 0.3) is 11.8 Å². The monoisotopic (exact) mass is 519 g/mol. The van der Waals surface area contributed by atoms with Crippen LogP contribution in [-0.2, 0) is 14.8 Å². The van der Waals surface area contributed by atoms with E-state index in [0.29, 0.717) is 35.5 Å². The first-order valence-corrected chi connectivity index (χ1v) is 13.6. The maximum absolute atomic E-state index is 13.1. The van der Waals surface area contributed by atoms with Crippen molar-refractivity contribution >= 4 is 39.2 Å². The fourth-order valence-electron chi connectivity index (χ4n) is 4.98. The number of nitrogens with two attached hydrogens (primary N) is 1. The number of amides is 2. The van der Waals surface area contributed by atoms with Crippen LogP contribution in [-0.4, -0.2) is 68.2 Å². The van der Waals surface area contributed by atoms with E-state index in [2.05, 4.69) is 22.2 Å². The Kier molecular flexibility index (Phi) is 6.26. The highest BCUT2D eigenvalue weighted by atomic mass is 32.2. The Labute approximate surface area is 216 Å². The minimum absolute atomic E-state index is 0.0213. The third-order valence-electron chi connectivity index (χ3n) is 7.06. The number of nitrogens with one attached hydrogen (secondary N) is 2. The molecule has 0 aliphatic carbocycles. The van der Waals surface area contributed by atoms with Gasteiger partial charge in [0.2, 0.25) is 10.0 Å². The summed E-state index contributed by atoms with van der Waals surface area (Å²) in [5.74, 6) is -0.303. The molecule has 0 atom stereocenters. The van der Waals surface area contributed by atoms with Crippen molar-refractivity contribution < 1.29 is 18.0 Å². The summed E-state index contributed by atoms with van der Waals surface area (Å²) < 4.78 is 23.7. The molecule has 5 rings (SSSR count). The Morgan fingerprint density at radius 2 is 1.78 bits per heavy atom. The number of aryl methyl sites for hydroxylation is 1. The van der Waals surface area contributed by atoms with Crippen molar-refractivity contribution in [2.24, 2.45) is 5.14 Å². The van der Waals surface area contributed by atoms with Crippen molar-refractivity contribution in [1.82, 2.24) is 14.8 Å². The van der Waals surface area contributed by atoms with E-state index in [9.17, 15) is 18.0 Å². The SMILES string of the molecule is Cc1[nH]c(C=C2C(=O)Nc3ccc(S(N)(=O)=O)cc32)c(C)c1-c1cccc(C(=O)N2CCN(C)CC2)c1. The van der Waals surface area contributed by atoms with Crippen LogP contribution >= 0.6 is 0 Å². The molecule has 9 nitrogen and oxygen atoms in total. The number of likely N-dealkylation sites (N-methyl/N-ethyl adjacent to an activating group) is 1. The highest BCUT2D eigenvalue weighted by Crippen LogP contribution is 2.37. The summed E-state index contributed by atoms with van der Waals surface area (Å²) in [5, 5.41) is 8.07. The Morgan fingerprint density at radius 3 is 2.49 bits per heavy atom. The molecule has 0 saturated carbocycles. The lowest BCUT2D eigenvalue weighted by Crippen LogP contribution is -2.47. The highest BCUT2D eigenvalue weighted by Gasteiger charge is 2.27. The largest absolute Gasteiger partial charge is 0.358 e. The molecule has 3 heterocycles. The van der Waals surface area contributed by atoms with Gasteiger partial charge in [-0.2, -0.15) is 0 Å². The summed E-state index contributed by atoms with van der Waals surface area (Å²) >= 11 is 0. The maximum Gasteiger partial charge on any atom is 0.256 e. The van der Waals surface area contributed by atoms with Gasteiger partial charge in [-0.05, 0) is 68.4 Å². The number of hydrogen-bond donors (Lipinski definition) is 3. The van der Waals surface area contributed by atoms with E-state index in [0.717, 1.165) is 41.2 Å². The van der Waals surface area contributed by atoms with E-state index in [-0.39, 0.29) is 16.7 Å². The smallest absolute Gasteiger partial charge is 0.256 e. The highest BCUT2D eigenvalue weighted by molar-refractivity contribution is 7.89. The number of primary sulfonamides is 1. The van der Waals surface area contributed by atoms with Gasteiger partial charge in [-0.1, -0.05) is 12.1 Å². The first-order valence-electron chi connectivity index (χ1n) is 12.0. The van der Waals surface area contributed by atoms with Crippen LogP contribution in [0, 0.1) is 13.8 Å². The third-order valence-corrected chi connectivity index (χ3v) is 7.97. The maximum atomic E-state index is 13.1. The average molecular weight is 520 g/mol. The summed E-state index contributed by atoms with van der Waals surface area (Å²) in [6.07, 6.45) is 1.72. The lowest BCUT2D eigenvalue weighted by atomic mass is 9.98. The van der Waals surface area contributed by atoms with Gasteiger partial charge in [-0.3, -0.25) is 9.59 Å². The van der Waals surface area contributed by atoms with E-state index in [1.807, 2.05) is 43.0 Å². The second-order valence-electron chi connectivity index (χ2n) is 9.60. The van der Waals surface area contributed by atoms with Gasteiger partial charge in [0.15, 0.2) is 0 Å². The van der Waals surface area contributed by atoms with Crippen LogP contribution in [0.2, 0.25) is 0 Å². The van der Waals surface area contributed by atoms with Crippen LogP contribution in [0.15, 0.2) is 47.4 Å². The molecule has 1 aromatic heterocycles. The third kappa shape index (κ3) is 4.71. The lowest BCUT2D eigenvalue weighted by molar-refractivity contribution is -0.110. The number of anilines is 1. The normalized spacial score (nSPS) is 17.2. The molecule has 4 N–H and O–H groups in total. The van der Waals surface area contributed by atoms with E-state index < -0.39 is 10.0 Å². The van der Waals surface area contributed by atoms with Crippen molar-refractivity contribution in [2.75, 3.05) is 38.5 Å². The van der Waals surface area contributed by atoms with Crippen LogP contribution < -0.4 is 10.5 Å². The molecule has 0 spiro atoms. The summed E-state index contributed by atoms with van der Waals surface area (Å²) in [6.45, 7) is 7.02. The molecule has 1 saturated heterocycles. The van der Waals surface area contributed by atoms with Crippen LogP contribution in [0.1, 0.15) is 32.9 Å². The second-order valence-corrected chi connectivity index (χ2v) is 11.2. The number of H-pyrrole nitrogens is 1. The molecule has 192 valence electrons. The Hall–Kier alpha value is -3.73. The topological polar surface area (TPSA) is 129 Å². The molecule has 0 bridgehead atoms. The molecule has 2 amide bonds. The molecule has 0 radical (unpaired) electrons. The number of piperazine rings is 1. The number of hydrogen-bond acceptors (Lipinski definition) is 5. The minimum Gasteiger partial charge on any atom is -0.358 e. The molecule has 3 aromatic rings. The Morgan fingerprint density at radius 1 is 1.05 bits per heavy atom. The van der Waals surface area contributed by atoms with E-state index in [1.54, 1.807) is 6.08 Å². The van der Waals surface area contributed by atoms with Gasteiger partial charge >= 0.3 is 0 Å². The Balaban J connectivity index is 1.50. The van der Waals surface area contributed by atoms with Gasteiger partial charge < -0.3 is 20.1 Å². The number of aromatic nitrogens is 1. The molecule has 1 fully saturated rings. The van der Waals surface area contributed by atoms with E-state index in [4.69, 9.17) is 5.14 Å². The predicted molar refractivity (Wildman–Crippen MR) is 143 cm³/mol. The number of benzene rings is 2.